The van der Waals surface area contributed by atoms with Crippen molar-refractivity contribution in [1.82, 2.24) is 5.32 Å². The Bertz CT molecular complexity index is 356. The molecule has 1 aromatic carbocycles. The maximum Gasteiger partial charge on any atom is 0.312 e. The molecular formula is C15H24N2O. The number of hydrogen-bond acceptors (Lipinski definition) is 1. The Kier molecular flexibility index (Phi) is 5.69. The Morgan fingerprint density at radius 3 is 2.17 bits per heavy atom. The minimum atomic E-state index is -0.442. The SMILES string of the molecule is CCCC(CCC)(CNC(N)=O)c1ccccc1. The third-order valence-corrected chi connectivity index (χ3v) is 3.44. The molecule has 0 radical (unpaired) electrons. The molecule has 0 unspecified atom stereocenters. The number of rotatable bonds is 7. The molecule has 1 aromatic rings. The van der Waals surface area contributed by atoms with Crippen molar-refractivity contribution in [3.05, 3.63) is 35.9 Å². The smallest absolute Gasteiger partial charge is 0.312 e. The van der Waals surface area contributed by atoms with Crippen LogP contribution in [0.15, 0.2) is 30.3 Å². The Hall–Kier alpha value is -1.51. The molecule has 0 fully saturated rings. The lowest BCUT2D eigenvalue weighted by Gasteiger charge is -2.34. The van der Waals surface area contributed by atoms with Gasteiger partial charge in [0.1, 0.15) is 0 Å². The molecule has 0 aromatic heterocycles. The zero-order valence-corrected chi connectivity index (χ0v) is 11.4. The van der Waals surface area contributed by atoms with E-state index in [1.165, 1.54) is 5.56 Å². The van der Waals surface area contributed by atoms with E-state index in [4.69, 9.17) is 5.73 Å². The second-order valence-corrected chi connectivity index (χ2v) is 4.86. The maximum absolute atomic E-state index is 11.0. The van der Waals surface area contributed by atoms with Gasteiger partial charge in [-0.05, 0) is 18.4 Å². The number of nitrogens with one attached hydrogen (secondary N) is 1. The van der Waals surface area contributed by atoms with Crippen molar-refractivity contribution in [2.24, 2.45) is 5.73 Å². The van der Waals surface area contributed by atoms with Gasteiger partial charge in [-0.1, -0.05) is 57.0 Å². The van der Waals surface area contributed by atoms with Crippen molar-refractivity contribution >= 4 is 6.03 Å². The topological polar surface area (TPSA) is 55.1 Å². The zero-order chi connectivity index (χ0) is 13.4. The number of benzene rings is 1. The number of urea groups is 1. The van der Waals surface area contributed by atoms with E-state index >= 15 is 0 Å². The Morgan fingerprint density at radius 2 is 1.72 bits per heavy atom. The minimum absolute atomic E-state index is 0.0137. The molecule has 100 valence electrons. The van der Waals surface area contributed by atoms with Crippen molar-refractivity contribution < 1.29 is 4.79 Å². The predicted octanol–water partition coefficient (Wildman–Crippen LogP) is 3.19. The Labute approximate surface area is 110 Å². The molecule has 18 heavy (non-hydrogen) atoms. The van der Waals surface area contributed by atoms with Gasteiger partial charge in [0.2, 0.25) is 0 Å². The molecule has 0 aliphatic heterocycles. The van der Waals surface area contributed by atoms with Crippen LogP contribution in [0.2, 0.25) is 0 Å². The fourth-order valence-electron chi connectivity index (χ4n) is 2.70. The molecule has 3 N–H and O–H groups in total. The van der Waals surface area contributed by atoms with Crippen molar-refractivity contribution in [1.29, 1.82) is 0 Å². The number of nitrogens with two attached hydrogens (primary N) is 1. The van der Waals surface area contributed by atoms with E-state index in [9.17, 15) is 4.79 Å². The average Bonchev–Trinajstić information content (AvgIpc) is 2.37. The van der Waals surface area contributed by atoms with Crippen LogP contribution >= 0.6 is 0 Å². The van der Waals surface area contributed by atoms with Crippen LogP contribution in [-0.4, -0.2) is 12.6 Å². The van der Waals surface area contributed by atoms with Crippen molar-refractivity contribution in [3.8, 4) is 0 Å². The normalized spacial score (nSPS) is 11.2. The van der Waals surface area contributed by atoms with E-state index in [1.54, 1.807) is 0 Å². The molecule has 3 nitrogen and oxygen atoms in total. The van der Waals surface area contributed by atoms with Crippen LogP contribution in [0.1, 0.15) is 45.1 Å². The standard InChI is InChI=1S/C15H24N2O/c1-3-10-15(11-4-2,12-17-14(16)18)13-8-6-5-7-9-13/h5-9H,3-4,10-12H2,1-2H3,(H3,16,17,18). The minimum Gasteiger partial charge on any atom is -0.352 e. The zero-order valence-electron chi connectivity index (χ0n) is 11.4. The van der Waals surface area contributed by atoms with E-state index in [1.807, 2.05) is 6.07 Å². The molecule has 0 aliphatic rings. The van der Waals surface area contributed by atoms with Crippen LogP contribution in [0.25, 0.3) is 0 Å². The second kappa shape index (κ2) is 7.04. The maximum atomic E-state index is 11.0. The molecular weight excluding hydrogens is 224 g/mol. The van der Waals surface area contributed by atoms with Crippen molar-refractivity contribution in [2.75, 3.05) is 6.54 Å². The van der Waals surface area contributed by atoms with Gasteiger partial charge in [-0.3, -0.25) is 0 Å². The number of primary amides is 1. The predicted molar refractivity (Wildman–Crippen MR) is 75.5 cm³/mol. The Morgan fingerprint density at radius 1 is 1.17 bits per heavy atom. The highest BCUT2D eigenvalue weighted by Gasteiger charge is 2.30. The van der Waals surface area contributed by atoms with Crippen LogP contribution in [0.3, 0.4) is 0 Å². The summed E-state index contributed by atoms with van der Waals surface area (Å²) in [5, 5.41) is 2.79. The van der Waals surface area contributed by atoms with Crippen molar-refractivity contribution in [2.45, 2.75) is 44.9 Å². The summed E-state index contributed by atoms with van der Waals surface area (Å²) in [6.45, 7) is 4.98. The van der Waals surface area contributed by atoms with Gasteiger partial charge in [-0.15, -0.1) is 0 Å². The van der Waals surface area contributed by atoms with Gasteiger partial charge in [0.25, 0.3) is 0 Å². The molecule has 0 aliphatic carbocycles. The highest BCUT2D eigenvalue weighted by atomic mass is 16.2. The first-order valence-electron chi connectivity index (χ1n) is 6.73. The fourth-order valence-corrected chi connectivity index (χ4v) is 2.70. The fraction of sp³-hybridized carbons (Fsp3) is 0.533. The van der Waals surface area contributed by atoms with Crippen LogP contribution in [0.5, 0.6) is 0 Å². The average molecular weight is 248 g/mol. The molecule has 3 heteroatoms. The van der Waals surface area contributed by atoms with E-state index < -0.39 is 6.03 Å². The van der Waals surface area contributed by atoms with Gasteiger partial charge in [0, 0.05) is 12.0 Å². The summed E-state index contributed by atoms with van der Waals surface area (Å²) in [6, 6.07) is 9.98. The molecule has 0 atom stereocenters. The number of carbonyl (C=O) groups is 1. The van der Waals surface area contributed by atoms with E-state index in [0.29, 0.717) is 6.54 Å². The third-order valence-electron chi connectivity index (χ3n) is 3.44. The van der Waals surface area contributed by atoms with E-state index in [-0.39, 0.29) is 5.41 Å². The first-order chi connectivity index (χ1) is 8.64. The van der Waals surface area contributed by atoms with E-state index in [0.717, 1.165) is 25.7 Å². The summed E-state index contributed by atoms with van der Waals surface area (Å²) in [4.78, 5) is 11.0. The molecule has 0 heterocycles. The monoisotopic (exact) mass is 248 g/mol. The number of carbonyl (C=O) groups excluding carboxylic acids is 1. The van der Waals surface area contributed by atoms with Crippen LogP contribution < -0.4 is 11.1 Å². The summed E-state index contributed by atoms with van der Waals surface area (Å²) in [5.74, 6) is 0. The summed E-state index contributed by atoms with van der Waals surface area (Å²) in [7, 11) is 0. The summed E-state index contributed by atoms with van der Waals surface area (Å²) >= 11 is 0. The molecule has 2 amide bonds. The molecule has 1 rings (SSSR count). The number of amides is 2. The summed E-state index contributed by atoms with van der Waals surface area (Å²) < 4.78 is 0. The molecule has 0 saturated carbocycles. The van der Waals surface area contributed by atoms with Gasteiger partial charge >= 0.3 is 6.03 Å². The molecule has 0 saturated heterocycles. The second-order valence-electron chi connectivity index (χ2n) is 4.86. The lowest BCUT2D eigenvalue weighted by atomic mass is 9.73. The first-order valence-corrected chi connectivity index (χ1v) is 6.73. The Balaban J connectivity index is 2.99. The van der Waals surface area contributed by atoms with Crippen LogP contribution in [-0.2, 0) is 5.41 Å². The highest BCUT2D eigenvalue weighted by molar-refractivity contribution is 5.71. The van der Waals surface area contributed by atoms with Gasteiger partial charge in [-0.2, -0.15) is 0 Å². The van der Waals surface area contributed by atoms with Gasteiger partial charge in [0.05, 0.1) is 0 Å². The van der Waals surface area contributed by atoms with Gasteiger partial charge < -0.3 is 11.1 Å². The van der Waals surface area contributed by atoms with Gasteiger partial charge in [-0.25, -0.2) is 4.79 Å². The first kappa shape index (κ1) is 14.6. The lowest BCUT2D eigenvalue weighted by Crippen LogP contribution is -2.42. The largest absolute Gasteiger partial charge is 0.352 e. The highest BCUT2D eigenvalue weighted by Crippen LogP contribution is 2.33. The van der Waals surface area contributed by atoms with Crippen molar-refractivity contribution in [3.63, 3.8) is 0 Å². The lowest BCUT2D eigenvalue weighted by molar-refractivity contribution is 0.242. The third kappa shape index (κ3) is 3.76. The summed E-state index contributed by atoms with van der Waals surface area (Å²) in [6.07, 6.45) is 4.31. The molecule has 0 bridgehead atoms. The molecule has 0 spiro atoms. The summed E-state index contributed by atoms with van der Waals surface area (Å²) in [5.41, 5.74) is 6.53. The van der Waals surface area contributed by atoms with Crippen LogP contribution in [0.4, 0.5) is 4.79 Å². The number of hydrogen-bond donors (Lipinski definition) is 2. The van der Waals surface area contributed by atoms with Gasteiger partial charge in [0.15, 0.2) is 0 Å². The van der Waals surface area contributed by atoms with Crippen LogP contribution in [0, 0.1) is 0 Å². The van der Waals surface area contributed by atoms with E-state index in [2.05, 4.69) is 43.4 Å². The quantitative estimate of drug-likeness (QED) is 0.765.